The molecule has 6 heteroatoms. The van der Waals surface area contributed by atoms with Gasteiger partial charge in [0.1, 0.15) is 5.69 Å². The van der Waals surface area contributed by atoms with E-state index in [1.807, 2.05) is 17.2 Å². The molecule has 2 rings (SSSR count). The Hall–Kier alpha value is -0.980. The fraction of sp³-hybridized carbons (Fsp3) is 0.765. The minimum Gasteiger partial charge on any atom is -0.378 e. The maximum absolute atomic E-state index is 12.9. The van der Waals surface area contributed by atoms with E-state index in [0.29, 0.717) is 12.2 Å². The summed E-state index contributed by atoms with van der Waals surface area (Å²) in [5, 5.41) is 2.80. The molecule has 1 aromatic heterocycles. The van der Waals surface area contributed by atoms with Crippen LogP contribution in [-0.4, -0.2) is 47.6 Å². The summed E-state index contributed by atoms with van der Waals surface area (Å²) in [6, 6.07) is 0.214. The third kappa shape index (κ3) is 3.75. The minimum atomic E-state index is -0.0169. The molecule has 23 heavy (non-hydrogen) atoms. The summed E-state index contributed by atoms with van der Waals surface area (Å²) in [5.74, 6) is 0.0411. The van der Waals surface area contributed by atoms with Crippen LogP contribution in [0.15, 0.2) is 5.38 Å². The summed E-state index contributed by atoms with van der Waals surface area (Å²) in [6.07, 6.45) is 2.81. The van der Waals surface area contributed by atoms with Crippen molar-refractivity contribution >= 4 is 17.2 Å². The van der Waals surface area contributed by atoms with Crippen molar-refractivity contribution in [2.45, 2.75) is 59.1 Å². The van der Waals surface area contributed by atoms with Crippen LogP contribution < -0.4 is 5.73 Å². The van der Waals surface area contributed by atoms with Crippen LogP contribution in [0.5, 0.6) is 0 Å². The molecule has 0 radical (unpaired) electrons. The van der Waals surface area contributed by atoms with E-state index in [2.05, 4.69) is 25.8 Å². The zero-order valence-corrected chi connectivity index (χ0v) is 15.5. The Morgan fingerprint density at radius 2 is 2.26 bits per heavy atom. The smallest absolute Gasteiger partial charge is 0.273 e. The lowest BCUT2D eigenvalue weighted by atomic mass is 9.63. The van der Waals surface area contributed by atoms with Crippen LogP contribution in [0.25, 0.3) is 0 Å². The molecule has 1 heterocycles. The first kappa shape index (κ1) is 18.4. The predicted molar refractivity (Wildman–Crippen MR) is 93.8 cm³/mol. The highest BCUT2D eigenvalue weighted by molar-refractivity contribution is 7.09. The maximum Gasteiger partial charge on any atom is 0.273 e. The lowest BCUT2D eigenvalue weighted by molar-refractivity contribution is -0.140. The first-order chi connectivity index (χ1) is 11.0. The van der Waals surface area contributed by atoms with E-state index in [1.54, 1.807) is 0 Å². The van der Waals surface area contributed by atoms with Gasteiger partial charge in [0.25, 0.3) is 5.91 Å². The normalized spacial score (nSPS) is 22.7. The summed E-state index contributed by atoms with van der Waals surface area (Å²) >= 11 is 1.52. The van der Waals surface area contributed by atoms with Gasteiger partial charge in [0.2, 0.25) is 0 Å². The molecule has 1 saturated carbocycles. The molecule has 0 aliphatic heterocycles. The summed E-state index contributed by atoms with van der Waals surface area (Å²) < 4.78 is 5.81. The molecular weight excluding hydrogens is 310 g/mol. The van der Waals surface area contributed by atoms with Crippen molar-refractivity contribution in [3.05, 3.63) is 16.1 Å². The Kier molecular flexibility index (Phi) is 6.17. The van der Waals surface area contributed by atoms with Gasteiger partial charge in [-0.25, -0.2) is 4.98 Å². The fourth-order valence-electron chi connectivity index (χ4n) is 3.31. The largest absolute Gasteiger partial charge is 0.378 e. The molecule has 130 valence electrons. The van der Waals surface area contributed by atoms with Crippen LogP contribution in [-0.2, 0) is 11.2 Å². The molecule has 1 aliphatic carbocycles. The number of aromatic nitrogens is 1. The number of thiazole rings is 1. The van der Waals surface area contributed by atoms with Crippen LogP contribution >= 0.6 is 11.3 Å². The van der Waals surface area contributed by atoms with Gasteiger partial charge in [0.05, 0.1) is 11.1 Å². The SMILES string of the molecule is CCCN(C(=O)c1csc(CCN)n1)C1CC(OCC)C1(C)C. The van der Waals surface area contributed by atoms with Crippen LogP contribution in [0.4, 0.5) is 0 Å². The van der Waals surface area contributed by atoms with E-state index in [4.69, 9.17) is 10.5 Å². The van der Waals surface area contributed by atoms with Gasteiger partial charge < -0.3 is 15.4 Å². The topological polar surface area (TPSA) is 68.5 Å². The molecule has 2 atom stereocenters. The van der Waals surface area contributed by atoms with Gasteiger partial charge in [-0.05, 0) is 26.3 Å². The van der Waals surface area contributed by atoms with Crippen molar-refractivity contribution in [1.29, 1.82) is 0 Å². The average Bonchev–Trinajstić information content (AvgIpc) is 2.98. The number of rotatable bonds is 8. The molecule has 2 unspecified atom stereocenters. The molecule has 1 fully saturated rings. The third-order valence-corrected chi connectivity index (χ3v) is 5.63. The van der Waals surface area contributed by atoms with Gasteiger partial charge in [0.15, 0.2) is 0 Å². The maximum atomic E-state index is 12.9. The van der Waals surface area contributed by atoms with Crippen molar-refractivity contribution in [1.82, 2.24) is 9.88 Å². The van der Waals surface area contributed by atoms with Crippen LogP contribution in [0.2, 0.25) is 0 Å². The van der Waals surface area contributed by atoms with Crippen molar-refractivity contribution in [2.75, 3.05) is 19.7 Å². The number of carbonyl (C=O) groups excluding carboxylic acids is 1. The van der Waals surface area contributed by atoms with E-state index in [0.717, 1.165) is 37.4 Å². The zero-order valence-electron chi connectivity index (χ0n) is 14.7. The van der Waals surface area contributed by atoms with Crippen molar-refractivity contribution in [3.8, 4) is 0 Å². The van der Waals surface area contributed by atoms with Crippen LogP contribution in [0.1, 0.15) is 56.0 Å². The number of nitrogens with two attached hydrogens (primary N) is 1. The van der Waals surface area contributed by atoms with E-state index >= 15 is 0 Å². The average molecular weight is 340 g/mol. The van der Waals surface area contributed by atoms with E-state index in [9.17, 15) is 4.79 Å². The minimum absolute atomic E-state index is 0.0169. The molecule has 1 amide bonds. The van der Waals surface area contributed by atoms with Gasteiger partial charge in [-0.15, -0.1) is 11.3 Å². The second-order valence-electron chi connectivity index (χ2n) is 6.68. The molecule has 0 bridgehead atoms. The van der Waals surface area contributed by atoms with Crippen LogP contribution in [0, 0.1) is 5.41 Å². The van der Waals surface area contributed by atoms with Gasteiger partial charge >= 0.3 is 0 Å². The molecule has 1 aliphatic rings. The Labute approximate surface area is 143 Å². The van der Waals surface area contributed by atoms with E-state index in [1.165, 1.54) is 11.3 Å². The fourth-order valence-corrected chi connectivity index (χ4v) is 4.10. The number of amides is 1. The second kappa shape index (κ2) is 7.73. The number of nitrogens with zero attached hydrogens (tertiary/aromatic N) is 2. The predicted octanol–water partition coefficient (Wildman–Crippen LogP) is 2.70. The Morgan fingerprint density at radius 1 is 1.52 bits per heavy atom. The van der Waals surface area contributed by atoms with Crippen LogP contribution in [0.3, 0.4) is 0 Å². The molecule has 5 nitrogen and oxygen atoms in total. The first-order valence-electron chi connectivity index (χ1n) is 8.52. The zero-order chi connectivity index (χ0) is 17.0. The highest BCUT2D eigenvalue weighted by Crippen LogP contribution is 2.46. The summed E-state index contributed by atoms with van der Waals surface area (Å²) in [7, 11) is 0. The van der Waals surface area contributed by atoms with Gasteiger partial charge in [0, 0.05) is 36.4 Å². The second-order valence-corrected chi connectivity index (χ2v) is 7.62. The Morgan fingerprint density at radius 3 is 2.83 bits per heavy atom. The summed E-state index contributed by atoms with van der Waals surface area (Å²) in [4.78, 5) is 19.4. The third-order valence-electron chi connectivity index (χ3n) is 4.72. The molecule has 0 spiro atoms. The quantitative estimate of drug-likeness (QED) is 0.791. The first-order valence-corrected chi connectivity index (χ1v) is 9.40. The van der Waals surface area contributed by atoms with Gasteiger partial charge in [-0.1, -0.05) is 20.8 Å². The van der Waals surface area contributed by atoms with E-state index in [-0.39, 0.29) is 23.5 Å². The van der Waals surface area contributed by atoms with E-state index < -0.39 is 0 Å². The summed E-state index contributed by atoms with van der Waals surface area (Å²) in [5.41, 5.74) is 6.11. The van der Waals surface area contributed by atoms with Gasteiger partial charge in [-0.2, -0.15) is 0 Å². The Bertz CT molecular complexity index is 530. The molecular formula is C17H29N3O2S. The number of ether oxygens (including phenoxy) is 1. The lowest BCUT2D eigenvalue weighted by Gasteiger charge is -2.55. The number of hydrogen-bond donors (Lipinski definition) is 1. The summed E-state index contributed by atoms with van der Waals surface area (Å²) in [6.45, 7) is 10.5. The number of carbonyl (C=O) groups is 1. The van der Waals surface area contributed by atoms with Crippen molar-refractivity contribution < 1.29 is 9.53 Å². The highest BCUT2D eigenvalue weighted by Gasteiger charge is 2.52. The molecule has 2 N–H and O–H groups in total. The highest BCUT2D eigenvalue weighted by atomic mass is 32.1. The number of hydrogen-bond acceptors (Lipinski definition) is 5. The Balaban J connectivity index is 2.13. The monoisotopic (exact) mass is 339 g/mol. The molecule has 1 aromatic rings. The molecule has 0 saturated heterocycles. The molecule has 0 aromatic carbocycles. The van der Waals surface area contributed by atoms with Gasteiger partial charge in [-0.3, -0.25) is 4.79 Å². The van der Waals surface area contributed by atoms with Crippen molar-refractivity contribution in [3.63, 3.8) is 0 Å². The lowest BCUT2D eigenvalue weighted by Crippen LogP contribution is -2.63. The van der Waals surface area contributed by atoms with Crippen molar-refractivity contribution in [2.24, 2.45) is 11.1 Å². The standard InChI is InChI=1S/C17H29N3O2S/c1-5-9-20(13-10-14(22-6-2)17(13,3)4)16(21)12-11-23-15(19-12)7-8-18/h11,13-14H,5-10,18H2,1-4H3.